The molecule has 164 valence electrons. The number of carbonyl (C=O) groups is 2. The van der Waals surface area contributed by atoms with Gasteiger partial charge >= 0.3 is 5.97 Å². The minimum atomic E-state index is -0.120. The number of esters is 1. The zero-order chi connectivity index (χ0) is 22.2. The lowest BCUT2D eigenvalue weighted by Gasteiger charge is -2.31. The van der Waals surface area contributed by atoms with Gasteiger partial charge < -0.3 is 15.4 Å². The van der Waals surface area contributed by atoms with E-state index in [1.165, 1.54) is 0 Å². The van der Waals surface area contributed by atoms with Gasteiger partial charge in [-0.05, 0) is 48.4 Å². The van der Waals surface area contributed by atoms with E-state index >= 15 is 0 Å². The second-order valence-corrected chi connectivity index (χ2v) is 8.08. The summed E-state index contributed by atoms with van der Waals surface area (Å²) in [6.07, 6.45) is 4.02. The number of hydrogen-bond acceptors (Lipinski definition) is 4. The van der Waals surface area contributed by atoms with Gasteiger partial charge in [-0.3, -0.25) is 15.0 Å². The molecular weight excluding hydrogens is 390 g/mol. The summed E-state index contributed by atoms with van der Waals surface area (Å²) in [7, 11) is 0. The number of nitrogens with one attached hydrogen (secondary N) is 1. The third-order valence-corrected chi connectivity index (χ3v) is 5.78. The van der Waals surface area contributed by atoms with Gasteiger partial charge in [-0.25, -0.2) is 0 Å². The molecule has 0 spiro atoms. The second-order valence-electron chi connectivity index (χ2n) is 8.08. The van der Waals surface area contributed by atoms with E-state index in [1.54, 1.807) is 0 Å². The van der Waals surface area contributed by atoms with E-state index in [4.69, 9.17) is 15.9 Å². The molecule has 2 aromatic rings. The summed E-state index contributed by atoms with van der Waals surface area (Å²) in [5, 5.41) is 7.48. The maximum absolute atomic E-state index is 12.9. The van der Waals surface area contributed by atoms with E-state index in [2.05, 4.69) is 6.92 Å². The number of amides is 1. The fraction of sp³-hybridized carbons (Fsp3) is 0.400. The Hall–Kier alpha value is -3.15. The number of likely N-dealkylation sites (tertiary alicyclic amines) is 1. The van der Waals surface area contributed by atoms with Crippen LogP contribution in [-0.2, 0) is 9.53 Å². The fourth-order valence-electron chi connectivity index (χ4n) is 3.80. The Bertz CT molecular complexity index is 899. The summed E-state index contributed by atoms with van der Waals surface area (Å²) in [6, 6.07) is 15.1. The van der Waals surface area contributed by atoms with E-state index in [9.17, 15) is 9.59 Å². The minimum Gasteiger partial charge on any atom is -0.466 e. The van der Waals surface area contributed by atoms with E-state index < -0.39 is 0 Å². The fourth-order valence-corrected chi connectivity index (χ4v) is 3.80. The van der Waals surface area contributed by atoms with Crippen molar-refractivity contribution in [2.75, 3.05) is 19.7 Å². The number of ether oxygens (including phenoxy) is 1. The molecule has 2 aromatic carbocycles. The van der Waals surface area contributed by atoms with E-state index in [0.29, 0.717) is 43.2 Å². The molecule has 6 nitrogen and oxygen atoms in total. The Morgan fingerprint density at radius 2 is 1.55 bits per heavy atom. The van der Waals surface area contributed by atoms with Crippen LogP contribution in [0.3, 0.4) is 0 Å². The molecule has 1 amide bonds. The average molecular weight is 422 g/mol. The molecule has 1 saturated heterocycles. The first-order valence-corrected chi connectivity index (χ1v) is 11.0. The summed E-state index contributed by atoms with van der Waals surface area (Å²) >= 11 is 0. The lowest BCUT2D eigenvalue weighted by atomic mass is 9.93. The smallest absolute Gasteiger partial charge is 0.306 e. The highest BCUT2D eigenvalue weighted by Gasteiger charge is 2.25. The molecule has 0 aliphatic carbocycles. The number of carbonyl (C=O) groups excluding carboxylic acids is 2. The Labute approximate surface area is 183 Å². The molecule has 1 aliphatic heterocycles. The van der Waals surface area contributed by atoms with Crippen molar-refractivity contribution in [2.24, 2.45) is 11.7 Å². The van der Waals surface area contributed by atoms with Crippen molar-refractivity contribution < 1.29 is 14.3 Å². The lowest BCUT2D eigenvalue weighted by Crippen LogP contribution is -2.39. The average Bonchev–Trinajstić information content (AvgIpc) is 2.79. The highest BCUT2D eigenvalue weighted by atomic mass is 16.5. The molecule has 31 heavy (non-hydrogen) atoms. The molecule has 3 rings (SSSR count). The van der Waals surface area contributed by atoms with Crippen LogP contribution in [0.2, 0.25) is 0 Å². The van der Waals surface area contributed by atoms with Crippen LogP contribution in [0.4, 0.5) is 0 Å². The molecule has 0 saturated carbocycles. The van der Waals surface area contributed by atoms with Crippen LogP contribution < -0.4 is 5.73 Å². The van der Waals surface area contributed by atoms with E-state index in [1.807, 2.05) is 53.4 Å². The first-order chi connectivity index (χ1) is 15.0. The highest BCUT2D eigenvalue weighted by molar-refractivity contribution is 5.96. The molecule has 1 heterocycles. The SMILES string of the molecule is CCCCOC(=O)CC1CCN(C(=O)c2ccc(-c3ccc(C(=N)N)cc3)cc2)CC1. The van der Waals surface area contributed by atoms with Gasteiger partial charge in [-0.15, -0.1) is 0 Å². The molecule has 0 bridgehead atoms. The van der Waals surface area contributed by atoms with Crippen molar-refractivity contribution >= 4 is 17.7 Å². The summed E-state index contributed by atoms with van der Waals surface area (Å²) in [5.74, 6) is 0.246. The molecule has 0 aromatic heterocycles. The van der Waals surface area contributed by atoms with E-state index in [-0.39, 0.29) is 17.7 Å². The standard InChI is InChI=1S/C25H31N3O3/c1-2-3-16-31-23(29)17-18-12-14-28(15-13-18)25(30)22-10-6-20(7-11-22)19-4-8-21(9-5-19)24(26)27/h4-11,18H,2-3,12-17H2,1H3,(H3,26,27). The van der Waals surface area contributed by atoms with E-state index in [0.717, 1.165) is 36.8 Å². The number of unbranched alkanes of at least 4 members (excludes halogenated alkanes) is 1. The quantitative estimate of drug-likeness (QED) is 0.289. The van der Waals surface area contributed by atoms with Crippen LogP contribution in [-0.4, -0.2) is 42.3 Å². The van der Waals surface area contributed by atoms with Gasteiger partial charge in [-0.2, -0.15) is 0 Å². The minimum absolute atomic E-state index is 0.0300. The van der Waals surface area contributed by atoms with Crippen molar-refractivity contribution in [3.8, 4) is 11.1 Å². The van der Waals surface area contributed by atoms with Gasteiger partial charge in [0.15, 0.2) is 0 Å². The molecule has 1 fully saturated rings. The molecular formula is C25H31N3O3. The Balaban J connectivity index is 1.52. The van der Waals surface area contributed by atoms with Gasteiger partial charge in [0.2, 0.25) is 0 Å². The number of nitrogens with zero attached hydrogens (tertiary/aromatic N) is 1. The van der Waals surface area contributed by atoms with Crippen LogP contribution in [0.25, 0.3) is 11.1 Å². The van der Waals surface area contributed by atoms with Crippen molar-refractivity contribution in [3.63, 3.8) is 0 Å². The van der Waals surface area contributed by atoms with Crippen LogP contribution >= 0.6 is 0 Å². The first-order valence-electron chi connectivity index (χ1n) is 11.0. The van der Waals surface area contributed by atoms with Crippen molar-refractivity contribution in [2.45, 2.75) is 39.0 Å². The number of nitrogens with two attached hydrogens (primary N) is 1. The van der Waals surface area contributed by atoms with Gasteiger partial charge in [0, 0.05) is 30.6 Å². The Morgan fingerprint density at radius 1 is 1.00 bits per heavy atom. The third kappa shape index (κ3) is 6.17. The van der Waals surface area contributed by atoms with Crippen LogP contribution in [0.15, 0.2) is 48.5 Å². The summed E-state index contributed by atoms with van der Waals surface area (Å²) in [4.78, 5) is 26.6. The highest BCUT2D eigenvalue weighted by Crippen LogP contribution is 2.24. The summed E-state index contributed by atoms with van der Waals surface area (Å²) in [5.41, 5.74) is 8.87. The third-order valence-electron chi connectivity index (χ3n) is 5.78. The van der Waals surface area contributed by atoms with Crippen LogP contribution in [0, 0.1) is 11.3 Å². The number of rotatable bonds is 8. The zero-order valence-corrected chi connectivity index (χ0v) is 18.1. The molecule has 6 heteroatoms. The normalized spacial score (nSPS) is 14.3. The predicted octanol–water partition coefficient (Wildman–Crippen LogP) is 4.22. The van der Waals surface area contributed by atoms with Crippen LogP contribution in [0.5, 0.6) is 0 Å². The maximum atomic E-state index is 12.9. The Kier molecular flexibility index (Phi) is 7.82. The molecule has 3 N–H and O–H groups in total. The molecule has 0 atom stereocenters. The zero-order valence-electron chi connectivity index (χ0n) is 18.1. The maximum Gasteiger partial charge on any atom is 0.306 e. The number of benzene rings is 2. The number of amidine groups is 1. The van der Waals surface area contributed by atoms with Gasteiger partial charge in [-0.1, -0.05) is 49.7 Å². The number of hydrogen-bond donors (Lipinski definition) is 2. The monoisotopic (exact) mass is 421 g/mol. The van der Waals surface area contributed by atoms with Gasteiger partial charge in [0.1, 0.15) is 5.84 Å². The second kappa shape index (κ2) is 10.8. The predicted molar refractivity (Wildman–Crippen MR) is 122 cm³/mol. The van der Waals surface area contributed by atoms with Crippen molar-refractivity contribution in [1.29, 1.82) is 5.41 Å². The largest absolute Gasteiger partial charge is 0.466 e. The summed E-state index contributed by atoms with van der Waals surface area (Å²) in [6.45, 7) is 3.91. The first kappa shape index (κ1) is 22.5. The molecule has 0 radical (unpaired) electrons. The number of piperidine rings is 1. The topological polar surface area (TPSA) is 96.5 Å². The van der Waals surface area contributed by atoms with Gasteiger partial charge in [0.25, 0.3) is 5.91 Å². The summed E-state index contributed by atoms with van der Waals surface area (Å²) < 4.78 is 5.26. The lowest BCUT2D eigenvalue weighted by molar-refractivity contribution is -0.145. The van der Waals surface area contributed by atoms with Crippen LogP contribution in [0.1, 0.15) is 54.9 Å². The van der Waals surface area contributed by atoms with Gasteiger partial charge in [0.05, 0.1) is 6.61 Å². The van der Waals surface area contributed by atoms with Crippen molar-refractivity contribution in [3.05, 3.63) is 59.7 Å². The molecule has 1 aliphatic rings. The Morgan fingerprint density at radius 3 is 2.06 bits per heavy atom. The molecule has 0 unspecified atom stereocenters. The number of nitrogen functional groups attached to an aromatic ring is 1. The van der Waals surface area contributed by atoms with Crippen molar-refractivity contribution in [1.82, 2.24) is 4.90 Å².